The molecule has 506 valence electrons. The molecule has 7 N–H and O–H groups in total. The minimum atomic E-state index is -3.47. The molecule has 33 heteroatoms. The number of nitrogens with one attached hydrogen (secondary N) is 5. The van der Waals surface area contributed by atoms with Crippen molar-refractivity contribution in [3.63, 3.8) is 0 Å². The fraction of sp³-hybridized carbons (Fsp3) is 0.413. The molecular formula is C63H70FN13O17P2. The Hall–Kier alpha value is -8.92. The number of ether oxygens (including phenoxy) is 3. The van der Waals surface area contributed by atoms with Crippen molar-refractivity contribution in [2.24, 2.45) is 5.92 Å². The predicted octanol–water partition coefficient (Wildman–Crippen LogP) is 5.75. The van der Waals surface area contributed by atoms with Crippen molar-refractivity contribution >= 4 is 91.9 Å². The van der Waals surface area contributed by atoms with Crippen molar-refractivity contribution in [2.45, 2.75) is 134 Å². The summed E-state index contributed by atoms with van der Waals surface area (Å²) in [5.41, 5.74) is 3.88. The number of rotatable bonds is 20. The van der Waals surface area contributed by atoms with Crippen LogP contribution >= 0.6 is 16.9 Å². The van der Waals surface area contributed by atoms with Gasteiger partial charge in [-0.3, -0.25) is 42.4 Å². The van der Waals surface area contributed by atoms with Crippen LogP contribution in [0.2, 0.25) is 0 Å². The summed E-state index contributed by atoms with van der Waals surface area (Å²) in [6.07, 6.45) is -2.91. The predicted molar refractivity (Wildman–Crippen MR) is 343 cm³/mol. The number of unbranched alkanes of at least 4 members (excludes halogenated alkanes) is 1. The van der Waals surface area contributed by atoms with Crippen LogP contribution in [0.1, 0.15) is 100 Å². The first-order chi connectivity index (χ1) is 46.3. The summed E-state index contributed by atoms with van der Waals surface area (Å²) in [4.78, 5) is 125. The smallest absolute Gasteiger partial charge is 0.409 e. The third-order valence-electron chi connectivity index (χ3n) is 16.5. The number of benzene rings is 3. The molecule has 4 aliphatic rings. The van der Waals surface area contributed by atoms with Gasteiger partial charge in [0.2, 0.25) is 29.5 Å². The first kappa shape index (κ1) is 68.5. The fourth-order valence-electron chi connectivity index (χ4n) is 11.3. The van der Waals surface area contributed by atoms with Crippen molar-refractivity contribution < 1.29 is 80.0 Å². The summed E-state index contributed by atoms with van der Waals surface area (Å²) in [7, 11) is -4.61. The molecule has 2 unspecified atom stereocenters. The molecule has 8 heterocycles. The van der Waals surface area contributed by atoms with Crippen molar-refractivity contribution in [1.82, 2.24) is 49.6 Å². The number of carbonyl (C=O) groups excluding carboxylic acids is 6. The number of imidazole rings is 1. The molecule has 2 bridgehead atoms. The molecule has 3 fully saturated rings. The molecule has 6 amide bonds. The van der Waals surface area contributed by atoms with Gasteiger partial charge in [-0.2, -0.15) is 0 Å². The maximum atomic E-state index is 15.0. The molecule has 4 aliphatic heterocycles. The molecule has 7 aromatic rings. The van der Waals surface area contributed by atoms with E-state index in [9.17, 15) is 52.5 Å². The Kier molecular flexibility index (Phi) is 22.0. The Morgan fingerprint density at radius 2 is 1.59 bits per heavy atom. The third-order valence-corrected chi connectivity index (χ3v) is 18.2. The summed E-state index contributed by atoms with van der Waals surface area (Å²) >= 11 is 0. The van der Waals surface area contributed by atoms with Crippen molar-refractivity contribution in [3.05, 3.63) is 136 Å². The molecule has 0 radical (unpaired) electrons. The molecule has 30 nitrogen and oxygen atoms in total. The highest BCUT2D eigenvalue weighted by Crippen LogP contribution is 2.47. The van der Waals surface area contributed by atoms with Gasteiger partial charge in [0.05, 0.1) is 44.2 Å². The largest absolute Gasteiger partial charge is 0.445 e. The summed E-state index contributed by atoms with van der Waals surface area (Å²) in [5, 5.41) is 21.8. The molecule has 0 aliphatic carbocycles. The highest BCUT2D eigenvalue weighted by Gasteiger charge is 2.49. The van der Waals surface area contributed by atoms with E-state index < -0.39 is 120 Å². The molecule has 0 spiro atoms. The van der Waals surface area contributed by atoms with Gasteiger partial charge in [0.15, 0.2) is 34.7 Å². The van der Waals surface area contributed by atoms with E-state index in [4.69, 9.17) is 32.3 Å². The monoisotopic (exact) mass is 1360 g/mol. The molecular weight excluding hydrogens is 1290 g/mol. The second kappa shape index (κ2) is 30.9. The molecule has 11 rings (SSSR count). The van der Waals surface area contributed by atoms with Crippen LogP contribution in [-0.2, 0) is 74.0 Å². The van der Waals surface area contributed by atoms with E-state index in [1.54, 1.807) is 47.6 Å². The molecule has 0 saturated carbocycles. The zero-order chi connectivity index (χ0) is 67.7. The van der Waals surface area contributed by atoms with Crippen LogP contribution in [0, 0.1) is 23.6 Å². The lowest BCUT2D eigenvalue weighted by molar-refractivity contribution is -0.131. The van der Waals surface area contributed by atoms with Gasteiger partial charge in [-0.15, -0.1) is 0 Å². The van der Waals surface area contributed by atoms with Crippen molar-refractivity contribution in [2.75, 3.05) is 42.3 Å². The average Bonchev–Trinajstić information content (AvgIpc) is 1.61. The second-order valence-electron chi connectivity index (χ2n) is 23.5. The van der Waals surface area contributed by atoms with Gasteiger partial charge in [-0.05, 0) is 73.6 Å². The lowest BCUT2D eigenvalue weighted by Crippen LogP contribution is -2.53. The number of nitrogens with zero attached hydrogens (tertiary/aromatic N) is 8. The number of anilines is 3. The number of H-pyrrole nitrogens is 1. The standard InChI is InChI=1S/C63H70FN13O17P2/c1-35(2)52(72-47(78)16-9-10-18-49(80)75-27-40-14-6-5-12-38(40)21-22-39-13-7-8-15-43(39)75)61(84)70-36(3)59(82)71-41-23-19-37(20-24-41)29-88-63(85)74(4)25-11-17-48(79)73-56-53-58(67-32-65-56)77(34-69-53)50-26-44-45(91-50)30-89-96(87)94-55-54(81)46(31-90-95(86)93-44)92-62(55)76-28-42(64)51-57(76)66-33-68-60(51)83/h5-8,12-15,19-20,23-24,28,32-36,44-46,50,52,54-55,62,81,86,96H,9-11,16-18,25-27,29-31H2,1-4H3,(H,70,84)(H,71,82)(H,72,78)(H,66,68,83)(H,65,67,73,79)/t36-,44-,45+,46+,50+,52-,54+,55+,62+,95?/m0/s1. The van der Waals surface area contributed by atoms with Crippen molar-refractivity contribution in [3.8, 4) is 11.8 Å². The molecule has 3 aromatic carbocycles. The number of carbonyl (C=O) groups is 6. The number of para-hydroxylation sites is 1. The van der Waals surface area contributed by atoms with Gasteiger partial charge in [-0.25, -0.2) is 29.1 Å². The van der Waals surface area contributed by atoms with Gasteiger partial charge in [0.25, 0.3) is 5.56 Å². The summed E-state index contributed by atoms with van der Waals surface area (Å²) in [6, 6.07) is 19.9. The Morgan fingerprint density at radius 3 is 2.40 bits per heavy atom. The van der Waals surface area contributed by atoms with E-state index in [1.165, 1.54) is 31.5 Å². The number of hydrogen-bond acceptors (Lipinski definition) is 21. The number of hydrogen-bond donors (Lipinski definition) is 7. The maximum Gasteiger partial charge on any atom is 0.409 e. The normalized spacial score (nSPS) is 22.2. The third kappa shape index (κ3) is 16.1. The molecule has 3 saturated heterocycles. The quantitative estimate of drug-likeness (QED) is 0.0271. The Bertz CT molecular complexity index is 4180. The topological polar surface area (TPSA) is 373 Å². The minimum absolute atomic E-state index is 0.0251. The van der Waals surface area contributed by atoms with Crippen LogP contribution in [-0.4, -0.2) is 154 Å². The number of fused-ring (bicyclic) bond motifs is 7. The average molecular weight is 1360 g/mol. The van der Waals surface area contributed by atoms with E-state index in [2.05, 4.69) is 58.0 Å². The Labute approximate surface area is 549 Å². The van der Waals surface area contributed by atoms with Gasteiger partial charge >= 0.3 is 23.0 Å². The lowest BCUT2D eigenvalue weighted by atomic mass is 10.0. The zero-order valence-corrected chi connectivity index (χ0v) is 54.3. The van der Waals surface area contributed by atoms with Gasteiger partial charge < -0.3 is 78.4 Å². The van der Waals surface area contributed by atoms with E-state index in [0.29, 0.717) is 30.6 Å². The minimum Gasteiger partial charge on any atom is -0.445 e. The summed E-state index contributed by atoms with van der Waals surface area (Å²) in [5.74, 6) is 3.33. The van der Waals surface area contributed by atoms with Crippen LogP contribution < -0.4 is 31.7 Å². The number of aromatic nitrogens is 7. The number of aromatic amines is 1. The van der Waals surface area contributed by atoms with Crippen LogP contribution in [0.3, 0.4) is 0 Å². The van der Waals surface area contributed by atoms with E-state index >= 15 is 0 Å². The fourth-order valence-corrected chi connectivity index (χ4v) is 13.0. The molecule has 11 atom stereocenters. The van der Waals surface area contributed by atoms with Crippen LogP contribution in [0.5, 0.6) is 0 Å². The van der Waals surface area contributed by atoms with Gasteiger partial charge in [-0.1, -0.05) is 68.2 Å². The number of amides is 6. The van der Waals surface area contributed by atoms with E-state index in [-0.39, 0.29) is 91.0 Å². The van der Waals surface area contributed by atoms with Crippen LogP contribution in [0.25, 0.3) is 22.2 Å². The second-order valence-corrected chi connectivity index (χ2v) is 25.5. The number of aliphatic hydroxyl groups is 1. The highest BCUT2D eigenvalue weighted by molar-refractivity contribution is 7.40. The summed E-state index contributed by atoms with van der Waals surface area (Å²) < 4.78 is 71.5. The van der Waals surface area contributed by atoms with Gasteiger partial charge in [0.1, 0.15) is 61.0 Å². The van der Waals surface area contributed by atoms with Crippen LogP contribution in [0.4, 0.5) is 26.4 Å². The summed E-state index contributed by atoms with van der Waals surface area (Å²) in [6.45, 7) is 4.65. The van der Waals surface area contributed by atoms with Crippen LogP contribution in [0.15, 0.2) is 103 Å². The SMILES string of the molecule is CC(C)[C@H](NC(=O)CCCCC(=O)N1Cc2ccccc2C#Cc2ccccc21)C(=O)N[C@@H](C)C(=O)Nc1ccc(COC(=O)N(C)CCCC(=O)Nc2ncnc3c2ncn3[C@H]2C[C@@H]3OP(O)OC[C@H]4O[C@@H](n5cc(F)c6c(=O)[nH]cnc65)[C@H](O[PH](=O)OC[C@H]3O2)[C@@H]4O)cc1. The van der Waals surface area contributed by atoms with E-state index in [0.717, 1.165) is 39.5 Å². The number of halogens is 1. The van der Waals surface area contributed by atoms with Gasteiger partial charge in [0, 0.05) is 62.3 Å². The first-order valence-electron chi connectivity index (χ1n) is 31.0. The molecule has 96 heavy (non-hydrogen) atoms. The molecule has 4 aromatic heterocycles. The first-order valence-corrected chi connectivity index (χ1v) is 33.3. The Morgan fingerprint density at radius 1 is 0.844 bits per heavy atom. The lowest BCUT2D eigenvalue weighted by Gasteiger charge is -2.26. The zero-order valence-electron chi connectivity index (χ0n) is 52.4. The highest BCUT2D eigenvalue weighted by atomic mass is 31.2. The Balaban J connectivity index is 0.588. The number of aliphatic hydroxyl groups excluding tert-OH is 1. The van der Waals surface area contributed by atoms with E-state index in [1.807, 2.05) is 48.5 Å². The van der Waals surface area contributed by atoms with Crippen molar-refractivity contribution in [1.29, 1.82) is 0 Å². The maximum absolute atomic E-state index is 15.0.